The fraction of sp³-hybridized carbons (Fsp3) is 0.214. The number of aliphatic hydroxyl groups is 1. The first-order valence-corrected chi connectivity index (χ1v) is 5.25. The molecule has 0 spiro atoms. The molecule has 4 heteroatoms. The predicted octanol–water partition coefficient (Wildman–Crippen LogP) is 1.25. The van der Waals surface area contributed by atoms with Crippen LogP contribution in [0.2, 0.25) is 0 Å². The van der Waals surface area contributed by atoms with Crippen LogP contribution in [0.4, 0.5) is 0 Å². The molecular formula is C14H14O4. The maximum Gasteiger partial charge on any atom is 0.384 e. The molecule has 1 N–H and O–H groups in total. The molecule has 0 aliphatic carbocycles. The highest BCUT2D eigenvalue weighted by atomic mass is 16.5. The van der Waals surface area contributed by atoms with Gasteiger partial charge in [0.1, 0.15) is 11.9 Å². The molecule has 0 saturated carbocycles. The van der Waals surface area contributed by atoms with Crippen molar-refractivity contribution in [3.05, 3.63) is 35.9 Å². The van der Waals surface area contributed by atoms with Crippen molar-refractivity contribution in [3.8, 4) is 17.6 Å². The van der Waals surface area contributed by atoms with Gasteiger partial charge < -0.3 is 14.6 Å². The largest absolute Gasteiger partial charge is 0.497 e. The van der Waals surface area contributed by atoms with Gasteiger partial charge in [-0.15, -0.1) is 0 Å². The first-order chi connectivity index (χ1) is 8.65. The van der Waals surface area contributed by atoms with E-state index in [-0.39, 0.29) is 0 Å². The Hall–Kier alpha value is -2.25. The van der Waals surface area contributed by atoms with Crippen molar-refractivity contribution in [1.29, 1.82) is 0 Å². The van der Waals surface area contributed by atoms with E-state index in [0.29, 0.717) is 0 Å². The molecule has 1 rings (SSSR count). The highest BCUT2D eigenvalue weighted by molar-refractivity contribution is 5.88. The van der Waals surface area contributed by atoms with E-state index in [2.05, 4.69) is 16.6 Å². The third-order valence-electron chi connectivity index (χ3n) is 2.09. The van der Waals surface area contributed by atoms with E-state index in [0.717, 1.165) is 11.3 Å². The Labute approximate surface area is 106 Å². The van der Waals surface area contributed by atoms with E-state index in [4.69, 9.17) is 4.74 Å². The molecule has 0 aliphatic rings. The van der Waals surface area contributed by atoms with Crippen molar-refractivity contribution in [2.24, 2.45) is 0 Å². The van der Waals surface area contributed by atoms with Crippen LogP contribution in [0.5, 0.6) is 5.75 Å². The second-order valence-electron chi connectivity index (χ2n) is 3.34. The standard InChI is InChI=1S/C14H14O4/c1-17-13-8-4-11(5-9-13)3-6-12(15)7-10-14(16)18-2/h3-6,8-9,12,15H,1-2H3. The van der Waals surface area contributed by atoms with Gasteiger partial charge in [0.15, 0.2) is 0 Å². The Balaban J connectivity index is 2.61. The van der Waals surface area contributed by atoms with Gasteiger partial charge in [-0.25, -0.2) is 4.79 Å². The lowest BCUT2D eigenvalue weighted by Gasteiger charge is -1.99. The second kappa shape index (κ2) is 7.15. The molecule has 0 saturated heterocycles. The van der Waals surface area contributed by atoms with Crippen molar-refractivity contribution in [2.45, 2.75) is 6.10 Å². The van der Waals surface area contributed by atoms with E-state index in [1.807, 2.05) is 24.3 Å². The number of aliphatic hydroxyl groups excluding tert-OH is 1. The lowest BCUT2D eigenvalue weighted by atomic mass is 10.2. The molecule has 18 heavy (non-hydrogen) atoms. The van der Waals surface area contributed by atoms with Crippen LogP contribution in [-0.2, 0) is 9.53 Å². The number of rotatable bonds is 3. The summed E-state index contributed by atoms with van der Waals surface area (Å²) in [5, 5.41) is 9.46. The summed E-state index contributed by atoms with van der Waals surface area (Å²) >= 11 is 0. The Kier molecular flexibility index (Phi) is 5.49. The van der Waals surface area contributed by atoms with E-state index in [9.17, 15) is 9.90 Å². The van der Waals surface area contributed by atoms with Gasteiger partial charge in [0, 0.05) is 5.92 Å². The number of ether oxygens (including phenoxy) is 2. The van der Waals surface area contributed by atoms with Crippen molar-refractivity contribution in [3.63, 3.8) is 0 Å². The minimum absolute atomic E-state index is 0.674. The summed E-state index contributed by atoms with van der Waals surface area (Å²) in [4.78, 5) is 10.7. The van der Waals surface area contributed by atoms with Gasteiger partial charge in [-0.2, -0.15) is 0 Å². The van der Waals surface area contributed by atoms with Gasteiger partial charge in [0.2, 0.25) is 0 Å². The molecule has 94 valence electrons. The quantitative estimate of drug-likeness (QED) is 0.495. The number of carbonyl (C=O) groups is 1. The number of methoxy groups -OCH3 is 2. The zero-order valence-corrected chi connectivity index (χ0v) is 10.2. The monoisotopic (exact) mass is 246 g/mol. The average Bonchev–Trinajstić information content (AvgIpc) is 2.42. The lowest BCUT2D eigenvalue weighted by molar-refractivity contribution is -0.133. The summed E-state index contributed by atoms with van der Waals surface area (Å²) in [6, 6.07) is 7.31. The van der Waals surface area contributed by atoms with E-state index in [1.165, 1.54) is 13.2 Å². The molecule has 0 aliphatic heterocycles. The zero-order valence-electron chi connectivity index (χ0n) is 10.2. The zero-order chi connectivity index (χ0) is 13.4. The highest BCUT2D eigenvalue weighted by Crippen LogP contribution is 2.12. The Morgan fingerprint density at radius 2 is 2.00 bits per heavy atom. The maximum absolute atomic E-state index is 10.7. The second-order valence-corrected chi connectivity index (χ2v) is 3.34. The third-order valence-corrected chi connectivity index (χ3v) is 2.09. The van der Waals surface area contributed by atoms with Crippen LogP contribution in [0.15, 0.2) is 30.3 Å². The van der Waals surface area contributed by atoms with Crippen LogP contribution >= 0.6 is 0 Å². The van der Waals surface area contributed by atoms with E-state index >= 15 is 0 Å². The molecule has 0 aromatic heterocycles. The van der Waals surface area contributed by atoms with Crippen molar-refractivity contribution >= 4 is 12.0 Å². The predicted molar refractivity (Wildman–Crippen MR) is 67.8 cm³/mol. The summed E-state index contributed by atoms with van der Waals surface area (Å²) in [6.07, 6.45) is 2.18. The number of benzene rings is 1. The summed E-state index contributed by atoms with van der Waals surface area (Å²) < 4.78 is 9.35. The molecule has 0 amide bonds. The molecule has 0 bridgehead atoms. The molecule has 0 fully saturated rings. The topological polar surface area (TPSA) is 55.8 Å². The highest BCUT2D eigenvalue weighted by Gasteiger charge is 1.95. The minimum Gasteiger partial charge on any atom is -0.497 e. The lowest BCUT2D eigenvalue weighted by Crippen LogP contribution is -2.00. The average molecular weight is 246 g/mol. The number of esters is 1. The van der Waals surface area contributed by atoms with Crippen LogP contribution in [0.3, 0.4) is 0 Å². The maximum atomic E-state index is 10.7. The SMILES string of the molecule is COC(=O)C#CC(O)C=Cc1ccc(OC)cc1. The minimum atomic E-state index is -1.01. The van der Waals surface area contributed by atoms with Crippen LogP contribution in [0.1, 0.15) is 5.56 Å². The molecule has 1 aromatic carbocycles. The van der Waals surface area contributed by atoms with Crippen LogP contribution in [-0.4, -0.2) is 31.4 Å². The van der Waals surface area contributed by atoms with E-state index < -0.39 is 12.1 Å². The van der Waals surface area contributed by atoms with Gasteiger partial charge in [-0.05, 0) is 23.8 Å². The fourth-order valence-corrected chi connectivity index (χ4v) is 1.15. The summed E-state index contributed by atoms with van der Waals surface area (Å²) in [7, 11) is 2.83. The van der Waals surface area contributed by atoms with Crippen LogP contribution in [0, 0.1) is 11.8 Å². The van der Waals surface area contributed by atoms with Crippen molar-refractivity contribution in [1.82, 2.24) is 0 Å². The first kappa shape index (κ1) is 13.8. The molecule has 0 heterocycles. The van der Waals surface area contributed by atoms with Gasteiger partial charge in [0.05, 0.1) is 14.2 Å². The van der Waals surface area contributed by atoms with Gasteiger partial charge in [-0.3, -0.25) is 0 Å². The Morgan fingerprint density at radius 3 is 2.56 bits per heavy atom. The molecule has 1 unspecified atom stereocenters. The number of hydrogen-bond donors (Lipinski definition) is 1. The third kappa shape index (κ3) is 4.73. The molecule has 1 atom stereocenters. The smallest absolute Gasteiger partial charge is 0.384 e. The number of carbonyl (C=O) groups excluding carboxylic acids is 1. The summed E-state index contributed by atoms with van der Waals surface area (Å²) in [5.41, 5.74) is 0.898. The Bertz CT molecular complexity index is 477. The fourth-order valence-electron chi connectivity index (χ4n) is 1.15. The van der Waals surface area contributed by atoms with E-state index in [1.54, 1.807) is 13.2 Å². The molecule has 1 aromatic rings. The van der Waals surface area contributed by atoms with Crippen molar-refractivity contribution < 1.29 is 19.4 Å². The summed E-state index contributed by atoms with van der Waals surface area (Å²) in [5.74, 6) is 4.59. The molecule has 4 nitrogen and oxygen atoms in total. The first-order valence-electron chi connectivity index (χ1n) is 5.25. The molecular weight excluding hydrogens is 232 g/mol. The van der Waals surface area contributed by atoms with Crippen LogP contribution in [0.25, 0.3) is 6.08 Å². The van der Waals surface area contributed by atoms with Crippen LogP contribution < -0.4 is 4.74 Å². The van der Waals surface area contributed by atoms with Gasteiger partial charge >= 0.3 is 5.97 Å². The summed E-state index contributed by atoms with van der Waals surface area (Å²) in [6.45, 7) is 0. The molecule has 0 radical (unpaired) electrons. The normalized spacial score (nSPS) is 11.5. The van der Waals surface area contributed by atoms with Crippen molar-refractivity contribution in [2.75, 3.05) is 14.2 Å². The number of hydrogen-bond acceptors (Lipinski definition) is 4. The van der Waals surface area contributed by atoms with Gasteiger partial charge in [-0.1, -0.05) is 24.1 Å². The Morgan fingerprint density at radius 1 is 1.33 bits per heavy atom. The van der Waals surface area contributed by atoms with Gasteiger partial charge in [0.25, 0.3) is 0 Å².